The number of fused-ring (bicyclic) bond motifs is 3. The summed E-state index contributed by atoms with van der Waals surface area (Å²) in [6, 6.07) is 2.68. The molecule has 0 bridgehead atoms. The number of nitrogens with zero attached hydrogens (tertiary/aromatic N) is 5. The fraction of sp³-hybridized carbons (Fsp3) is 0.455. The predicted molar refractivity (Wildman–Crippen MR) is 116 cm³/mol. The van der Waals surface area contributed by atoms with Crippen molar-refractivity contribution in [2.24, 2.45) is 5.92 Å². The molecule has 1 atom stereocenters. The fourth-order valence-corrected chi connectivity index (χ4v) is 4.40. The van der Waals surface area contributed by atoms with Crippen molar-refractivity contribution >= 4 is 17.6 Å². The molecule has 3 amide bonds. The summed E-state index contributed by atoms with van der Waals surface area (Å²) in [7, 11) is 1.62. The number of alkyl halides is 2. The highest BCUT2D eigenvalue weighted by Crippen LogP contribution is 2.27. The number of nitrogens with one attached hydrogen (secondary N) is 2. The molecular weight excluding hydrogens is 470 g/mol. The van der Waals surface area contributed by atoms with Crippen LogP contribution in [0, 0.1) is 28.9 Å². The molecule has 2 N–H and O–H groups in total. The van der Waals surface area contributed by atoms with E-state index in [1.807, 2.05) is 0 Å². The third kappa shape index (κ3) is 4.93. The molecule has 4 rings (SSSR count). The second kappa shape index (κ2) is 9.91. The molecule has 2 aromatic rings. The zero-order valence-corrected chi connectivity index (χ0v) is 18.8. The van der Waals surface area contributed by atoms with Crippen LogP contribution in [0.15, 0.2) is 12.1 Å². The Morgan fingerprint density at radius 3 is 2.80 bits per heavy atom. The lowest BCUT2D eigenvalue weighted by Crippen LogP contribution is -2.40. The molecule has 0 unspecified atom stereocenters. The summed E-state index contributed by atoms with van der Waals surface area (Å²) in [4.78, 5) is 28.8. The van der Waals surface area contributed by atoms with Crippen LogP contribution in [-0.4, -0.2) is 71.2 Å². The van der Waals surface area contributed by atoms with Crippen LogP contribution in [0.2, 0.25) is 0 Å². The molecule has 0 saturated carbocycles. The van der Waals surface area contributed by atoms with E-state index in [0.717, 1.165) is 12.1 Å². The average molecular weight is 493 g/mol. The van der Waals surface area contributed by atoms with Gasteiger partial charge in [0.2, 0.25) is 0 Å². The minimum absolute atomic E-state index is 0.0400. The topological polar surface area (TPSA) is 106 Å². The van der Waals surface area contributed by atoms with E-state index in [9.17, 15) is 27.2 Å². The molecule has 9 nitrogen and oxygen atoms in total. The lowest BCUT2D eigenvalue weighted by Gasteiger charge is -2.27. The second-order valence-corrected chi connectivity index (χ2v) is 8.55. The monoisotopic (exact) mass is 493 g/mol. The number of carbonyl (C=O) groups is 2. The molecule has 2 aliphatic rings. The highest BCUT2D eigenvalue weighted by atomic mass is 19.3. The van der Waals surface area contributed by atoms with Crippen molar-refractivity contribution in [3.05, 3.63) is 46.3 Å². The minimum Gasteiger partial charge on any atom is -0.340 e. The molecule has 0 radical (unpaired) electrons. The number of rotatable bonds is 5. The van der Waals surface area contributed by atoms with Gasteiger partial charge in [0, 0.05) is 51.1 Å². The predicted octanol–water partition coefficient (Wildman–Crippen LogP) is 2.18. The Bertz CT molecular complexity index is 1190. The number of aromatic nitrogens is 2. The molecule has 0 fully saturated rings. The van der Waals surface area contributed by atoms with Gasteiger partial charge in [0.15, 0.2) is 5.82 Å². The Balaban J connectivity index is 1.52. The van der Waals surface area contributed by atoms with Crippen LogP contribution in [0.25, 0.3) is 0 Å². The second-order valence-electron chi connectivity index (χ2n) is 8.55. The van der Waals surface area contributed by atoms with E-state index in [0.29, 0.717) is 36.5 Å². The van der Waals surface area contributed by atoms with Gasteiger partial charge < -0.3 is 20.4 Å². The number of halogens is 4. The zero-order valence-electron chi connectivity index (χ0n) is 18.8. The molecular formula is C22H23F4N7O2. The van der Waals surface area contributed by atoms with E-state index >= 15 is 0 Å². The maximum atomic E-state index is 14.4. The Morgan fingerprint density at radius 2 is 2.09 bits per heavy atom. The molecule has 3 heterocycles. The summed E-state index contributed by atoms with van der Waals surface area (Å²) in [5.41, 5.74) is 0.434. The first-order valence-electron chi connectivity index (χ1n) is 11.0. The van der Waals surface area contributed by atoms with Gasteiger partial charge in [0.05, 0.1) is 24.5 Å². The lowest BCUT2D eigenvalue weighted by atomic mass is 10.0. The molecule has 186 valence electrons. The first-order valence-corrected chi connectivity index (χ1v) is 11.0. The molecule has 1 aromatic carbocycles. The van der Waals surface area contributed by atoms with Crippen molar-refractivity contribution in [1.29, 1.82) is 5.26 Å². The summed E-state index contributed by atoms with van der Waals surface area (Å²) in [5, 5.41) is 18.5. The number of benzene rings is 1. The van der Waals surface area contributed by atoms with Crippen molar-refractivity contribution in [2.45, 2.75) is 25.9 Å². The van der Waals surface area contributed by atoms with E-state index in [-0.39, 0.29) is 37.1 Å². The summed E-state index contributed by atoms with van der Waals surface area (Å²) in [6.45, 7) is 0.825. The number of carbonyl (C=O) groups excluding carboxylic acids is 2. The molecule has 0 aliphatic carbocycles. The molecule has 0 saturated heterocycles. The highest BCUT2D eigenvalue weighted by Gasteiger charge is 2.35. The Kier molecular flexibility index (Phi) is 6.93. The van der Waals surface area contributed by atoms with Gasteiger partial charge in [-0.1, -0.05) is 0 Å². The molecule has 1 aromatic heterocycles. The zero-order chi connectivity index (χ0) is 25.3. The van der Waals surface area contributed by atoms with Crippen LogP contribution in [-0.2, 0) is 19.5 Å². The standard InChI is InChI=1S/C22H23F4N7O2/c1-31-9-12(7-28-8-18(24)25)10-33-20(21(31)34)14-11-32(5-4-16(14)30-33)22(35)29-17-3-2-15(23)13(6-27)19(17)26/h2-3,12,18,28H,4-5,7-11H2,1H3,(H,29,35)/t12-/m1/s1. The van der Waals surface area contributed by atoms with Gasteiger partial charge in [0.25, 0.3) is 12.3 Å². The van der Waals surface area contributed by atoms with Gasteiger partial charge >= 0.3 is 6.03 Å². The van der Waals surface area contributed by atoms with Crippen molar-refractivity contribution in [3.63, 3.8) is 0 Å². The summed E-state index contributed by atoms with van der Waals surface area (Å²) in [5.74, 6) is -2.62. The van der Waals surface area contributed by atoms with Gasteiger partial charge in [0.1, 0.15) is 23.1 Å². The number of anilines is 1. The summed E-state index contributed by atoms with van der Waals surface area (Å²) < 4.78 is 54.5. The maximum Gasteiger partial charge on any atom is 0.322 e. The first kappa shape index (κ1) is 24.5. The minimum atomic E-state index is -2.47. The Labute approximate surface area is 198 Å². The third-order valence-electron chi connectivity index (χ3n) is 6.08. The number of urea groups is 1. The Morgan fingerprint density at radius 1 is 1.31 bits per heavy atom. The highest BCUT2D eigenvalue weighted by molar-refractivity contribution is 5.95. The van der Waals surface area contributed by atoms with E-state index < -0.39 is 36.2 Å². The van der Waals surface area contributed by atoms with Gasteiger partial charge in [-0.15, -0.1) is 0 Å². The summed E-state index contributed by atoms with van der Waals surface area (Å²) >= 11 is 0. The van der Waals surface area contributed by atoms with Crippen LogP contribution in [0.3, 0.4) is 0 Å². The van der Waals surface area contributed by atoms with Gasteiger partial charge in [-0.05, 0) is 12.1 Å². The maximum absolute atomic E-state index is 14.4. The third-order valence-corrected chi connectivity index (χ3v) is 6.08. The van der Waals surface area contributed by atoms with Crippen molar-refractivity contribution < 1.29 is 27.2 Å². The van der Waals surface area contributed by atoms with Crippen molar-refractivity contribution in [2.75, 3.05) is 38.5 Å². The van der Waals surface area contributed by atoms with Crippen LogP contribution >= 0.6 is 0 Å². The van der Waals surface area contributed by atoms with Crippen LogP contribution in [0.4, 0.5) is 28.0 Å². The Hall–Kier alpha value is -3.66. The quantitative estimate of drug-likeness (QED) is 0.622. The van der Waals surface area contributed by atoms with Crippen LogP contribution < -0.4 is 10.6 Å². The van der Waals surface area contributed by atoms with Crippen LogP contribution in [0.1, 0.15) is 27.3 Å². The van der Waals surface area contributed by atoms with Crippen LogP contribution in [0.5, 0.6) is 0 Å². The SMILES string of the molecule is CN1C[C@@H](CNCC(F)F)Cn2nc3c(c2C1=O)CN(C(=O)Nc1ccc(F)c(C#N)c1F)CC3. The molecule has 13 heteroatoms. The van der Waals surface area contributed by atoms with Crippen molar-refractivity contribution in [1.82, 2.24) is 24.9 Å². The molecule has 35 heavy (non-hydrogen) atoms. The van der Waals surface area contributed by atoms with Gasteiger partial charge in [-0.2, -0.15) is 10.4 Å². The van der Waals surface area contributed by atoms with Gasteiger partial charge in [-0.3, -0.25) is 9.48 Å². The van der Waals surface area contributed by atoms with E-state index in [1.54, 1.807) is 11.7 Å². The van der Waals surface area contributed by atoms with E-state index in [4.69, 9.17) is 5.26 Å². The lowest BCUT2D eigenvalue weighted by molar-refractivity contribution is 0.0776. The number of hydrogen-bond donors (Lipinski definition) is 2. The first-order chi connectivity index (χ1) is 16.7. The molecule has 0 spiro atoms. The van der Waals surface area contributed by atoms with E-state index in [1.165, 1.54) is 15.9 Å². The molecule has 2 aliphatic heterocycles. The van der Waals surface area contributed by atoms with Crippen molar-refractivity contribution in [3.8, 4) is 6.07 Å². The largest absolute Gasteiger partial charge is 0.340 e. The smallest absolute Gasteiger partial charge is 0.322 e. The summed E-state index contributed by atoms with van der Waals surface area (Å²) in [6.07, 6.45) is -2.12. The number of nitriles is 1. The van der Waals surface area contributed by atoms with E-state index in [2.05, 4.69) is 15.7 Å². The average Bonchev–Trinajstić information content (AvgIpc) is 3.11. The van der Waals surface area contributed by atoms with Gasteiger partial charge in [-0.25, -0.2) is 22.4 Å². The normalized spacial score (nSPS) is 17.6. The number of hydrogen-bond acceptors (Lipinski definition) is 5. The fourth-order valence-electron chi connectivity index (χ4n) is 4.40. The number of amides is 3.